The first-order valence-electron chi connectivity index (χ1n) is 14.0. The topological polar surface area (TPSA) is 62.2 Å². The highest BCUT2D eigenvalue weighted by atomic mass is 16.5. The lowest BCUT2D eigenvalue weighted by molar-refractivity contribution is -0.114. The summed E-state index contributed by atoms with van der Waals surface area (Å²) in [5, 5.41) is 6.73. The lowest BCUT2D eigenvalue weighted by Crippen LogP contribution is -2.31. The molecule has 0 aliphatic rings. The first-order valence-corrected chi connectivity index (χ1v) is 14.0. The van der Waals surface area contributed by atoms with Crippen molar-refractivity contribution in [2.24, 2.45) is 5.10 Å². The molecule has 1 amide bonds. The molecule has 6 heteroatoms. The molecule has 0 aliphatic heterocycles. The van der Waals surface area contributed by atoms with Gasteiger partial charge in [-0.15, -0.1) is 0 Å². The normalized spacial score (nSPS) is 11.7. The van der Waals surface area contributed by atoms with Crippen LogP contribution in [-0.2, 0) is 34.4 Å². The number of rotatable bonds is 13. The van der Waals surface area contributed by atoms with E-state index < -0.39 is 0 Å². The third-order valence-electron chi connectivity index (χ3n) is 7.03. The van der Waals surface area contributed by atoms with E-state index in [0.717, 1.165) is 53.8 Å². The van der Waals surface area contributed by atoms with Crippen molar-refractivity contribution in [3.8, 4) is 16.9 Å². The number of amides is 1. The quantitative estimate of drug-likeness (QED) is 0.105. The number of aryl methyl sites for hydroxylation is 1. The molecule has 3 aromatic rings. The van der Waals surface area contributed by atoms with Crippen LogP contribution >= 0.6 is 0 Å². The lowest BCUT2D eigenvalue weighted by atomic mass is 9.87. The molecule has 3 rings (SSSR count). The highest BCUT2D eigenvalue weighted by molar-refractivity contribution is 5.90. The van der Waals surface area contributed by atoms with Crippen molar-refractivity contribution in [1.29, 1.82) is 0 Å². The Hall–Kier alpha value is -3.93. The molecule has 0 saturated heterocycles. The van der Waals surface area contributed by atoms with Crippen LogP contribution in [0.25, 0.3) is 11.1 Å². The molecule has 0 radical (unpaired) electrons. The van der Waals surface area contributed by atoms with Gasteiger partial charge in [-0.2, -0.15) is 5.10 Å². The van der Waals surface area contributed by atoms with Crippen LogP contribution in [0, 0.1) is 0 Å². The third-order valence-corrected chi connectivity index (χ3v) is 7.03. The number of nitrogens with zero attached hydrogens (tertiary/aromatic N) is 3. The van der Waals surface area contributed by atoms with Crippen LogP contribution < -0.4 is 4.74 Å². The summed E-state index contributed by atoms with van der Waals surface area (Å²) in [6, 6.07) is 23.0. The van der Waals surface area contributed by atoms with Crippen LogP contribution in [-0.4, -0.2) is 49.1 Å². The van der Waals surface area contributed by atoms with Crippen LogP contribution in [0.1, 0.15) is 62.8 Å². The highest BCUT2D eigenvalue weighted by Gasteiger charge is 2.14. The molecule has 0 aliphatic carbocycles. The second-order valence-electron chi connectivity index (χ2n) is 11.1. The fourth-order valence-corrected chi connectivity index (χ4v) is 4.68. The molecule has 0 spiro atoms. The zero-order valence-electron chi connectivity index (χ0n) is 24.8. The van der Waals surface area contributed by atoms with Gasteiger partial charge < -0.3 is 14.4 Å². The molecule has 0 saturated carbocycles. The molecule has 0 unspecified atom stereocenters. The standard InChI is InChI=1S/C34H43N3O3/c1-7-37(25-39)33(35-36(5)24-28-13-18-30(19-14-28)34(2,3)4)10-8-9-26-11-16-29(17-12-26)31-23-27(21-22-38)15-20-32(31)40-6/h11-20,22-23,25H,7-10,21,24H2,1-6H3/b35-33-. The van der Waals surface area contributed by atoms with E-state index >= 15 is 0 Å². The zero-order chi connectivity index (χ0) is 29.1. The van der Waals surface area contributed by atoms with Gasteiger partial charge in [0.25, 0.3) is 0 Å². The number of benzene rings is 3. The molecule has 212 valence electrons. The largest absolute Gasteiger partial charge is 0.496 e. The molecule has 0 heterocycles. The van der Waals surface area contributed by atoms with Crippen LogP contribution in [0.2, 0.25) is 0 Å². The predicted molar refractivity (Wildman–Crippen MR) is 164 cm³/mol. The Kier molecular flexibility index (Phi) is 11.1. The van der Waals surface area contributed by atoms with Gasteiger partial charge in [0.2, 0.25) is 6.41 Å². The van der Waals surface area contributed by atoms with E-state index in [1.54, 1.807) is 12.0 Å². The Morgan fingerprint density at radius 1 is 0.925 bits per heavy atom. The number of hydrazone groups is 1. The van der Waals surface area contributed by atoms with Gasteiger partial charge in [0, 0.05) is 32.0 Å². The number of hydrogen-bond donors (Lipinski definition) is 0. The third kappa shape index (κ3) is 8.54. The Labute approximate surface area is 239 Å². The summed E-state index contributed by atoms with van der Waals surface area (Å²) in [7, 11) is 3.61. The first kappa shape index (κ1) is 30.6. The summed E-state index contributed by atoms with van der Waals surface area (Å²) < 4.78 is 5.55. The van der Waals surface area contributed by atoms with Gasteiger partial charge in [-0.25, -0.2) is 0 Å². The van der Waals surface area contributed by atoms with E-state index in [1.165, 1.54) is 16.7 Å². The number of ether oxygens (including phenoxy) is 1. The van der Waals surface area contributed by atoms with Crippen molar-refractivity contribution in [2.45, 2.75) is 65.3 Å². The van der Waals surface area contributed by atoms with Gasteiger partial charge >= 0.3 is 0 Å². The Morgan fingerprint density at radius 3 is 2.15 bits per heavy atom. The van der Waals surface area contributed by atoms with Crippen LogP contribution in [0.3, 0.4) is 0 Å². The summed E-state index contributed by atoms with van der Waals surface area (Å²) in [6.07, 6.45) is 4.60. The van der Waals surface area contributed by atoms with Crippen molar-refractivity contribution in [3.05, 3.63) is 89.0 Å². The van der Waals surface area contributed by atoms with Gasteiger partial charge in [-0.1, -0.05) is 75.4 Å². The van der Waals surface area contributed by atoms with Gasteiger partial charge in [-0.05, 0) is 65.1 Å². The van der Waals surface area contributed by atoms with E-state index in [1.807, 2.05) is 37.2 Å². The fraction of sp³-hybridized carbons (Fsp3) is 0.382. The molecule has 6 nitrogen and oxygen atoms in total. The Balaban J connectivity index is 1.66. The van der Waals surface area contributed by atoms with E-state index in [4.69, 9.17) is 9.84 Å². The predicted octanol–water partition coefficient (Wildman–Crippen LogP) is 6.65. The molecule has 0 N–H and O–H groups in total. The minimum atomic E-state index is 0.122. The summed E-state index contributed by atoms with van der Waals surface area (Å²) in [5.41, 5.74) is 6.81. The molecule has 0 fully saturated rings. The maximum absolute atomic E-state index is 11.8. The zero-order valence-corrected chi connectivity index (χ0v) is 24.8. The summed E-state index contributed by atoms with van der Waals surface area (Å²) in [5.74, 6) is 1.56. The Bertz CT molecular complexity index is 1280. The smallest absolute Gasteiger partial charge is 0.215 e. The number of carbonyl (C=O) groups excluding carboxylic acids is 2. The van der Waals surface area contributed by atoms with Crippen LogP contribution in [0.4, 0.5) is 0 Å². The lowest BCUT2D eigenvalue weighted by Gasteiger charge is -2.22. The highest BCUT2D eigenvalue weighted by Crippen LogP contribution is 2.31. The maximum Gasteiger partial charge on any atom is 0.215 e. The van der Waals surface area contributed by atoms with E-state index in [-0.39, 0.29) is 5.41 Å². The molecule has 3 aromatic carbocycles. The summed E-state index contributed by atoms with van der Waals surface area (Å²) in [6.45, 7) is 9.85. The molecular formula is C34H43N3O3. The first-order chi connectivity index (χ1) is 19.2. The van der Waals surface area contributed by atoms with Crippen molar-refractivity contribution >= 4 is 18.5 Å². The van der Waals surface area contributed by atoms with Crippen molar-refractivity contribution in [2.75, 3.05) is 20.7 Å². The van der Waals surface area contributed by atoms with Crippen LogP contribution in [0.15, 0.2) is 71.8 Å². The molecule has 0 bridgehead atoms. The van der Waals surface area contributed by atoms with Gasteiger partial charge in [-0.3, -0.25) is 9.80 Å². The fourth-order valence-electron chi connectivity index (χ4n) is 4.68. The summed E-state index contributed by atoms with van der Waals surface area (Å²) in [4.78, 5) is 24.4. The number of aldehydes is 1. The van der Waals surface area contributed by atoms with Gasteiger partial charge in [0.05, 0.1) is 13.7 Å². The minimum absolute atomic E-state index is 0.122. The molecule has 0 atom stereocenters. The van der Waals surface area contributed by atoms with Crippen molar-refractivity contribution in [1.82, 2.24) is 9.91 Å². The van der Waals surface area contributed by atoms with E-state index in [9.17, 15) is 9.59 Å². The van der Waals surface area contributed by atoms with Crippen molar-refractivity contribution in [3.63, 3.8) is 0 Å². The molecular weight excluding hydrogens is 498 g/mol. The van der Waals surface area contributed by atoms with Gasteiger partial charge in [0.15, 0.2) is 0 Å². The van der Waals surface area contributed by atoms with Gasteiger partial charge in [0.1, 0.15) is 17.9 Å². The van der Waals surface area contributed by atoms with E-state index in [0.29, 0.717) is 25.9 Å². The molecule has 40 heavy (non-hydrogen) atoms. The minimum Gasteiger partial charge on any atom is -0.496 e. The van der Waals surface area contributed by atoms with E-state index in [2.05, 4.69) is 69.3 Å². The van der Waals surface area contributed by atoms with Crippen LogP contribution in [0.5, 0.6) is 5.75 Å². The number of amidine groups is 1. The van der Waals surface area contributed by atoms with Crippen molar-refractivity contribution < 1.29 is 14.3 Å². The summed E-state index contributed by atoms with van der Waals surface area (Å²) >= 11 is 0. The number of methoxy groups -OCH3 is 1. The second-order valence-corrected chi connectivity index (χ2v) is 11.1. The maximum atomic E-state index is 11.8. The number of hydrogen-bond acceptors (Lipinski definition) is 5. The Morgan fingerprint density at radius 2 is 1.57 bits per heavy atom. The average molecular weight is 542 g/mol. The molecule has 0 aromatic heterocycles. The average Bonchev–Trinajstić information content (AvgIpc) is 2.94. The number of carbonyl (C=O) groups is 2. The monoisotopic (exact) mass is 541 g/mol. The SMILES string of the molecule is CCN(C=O)/C(CCCc1ccc(-c2cc(CC=O)ccc2OC)cc1)=N\N(C)Cc1ccc(C(C)(C)C)cc1. The second kappa shape index (κ2) is 14.5.